The van der Waals surface area contributed by atoms with E-state index in [1.54, 1.807) is 0 Å². The Hall–Kier alpha value is -0.860. The zero-order valence-corrected chi connectivity index (χ0v) is 12.9. The van der Waals surface area contributed by atoms with Crippen LogP contribution in [0.4, 0.5) is 0 Å². The van der Waals surface area contributed by atoms with E-state index in [9.17, 15) is 0 Å². The fourth-order valence-corrected chi connectivity index (χ4v) is 2.95. The zero-order valence-electron chi connectivity index (χ0n) is 12.9. The summed E-state index contributed by atoms with van der Waals surface area (Å²) >= 11 is 0. The smallest absolute Gasteiger partial charge is 0.0424 e. The van der Waals surface area contributed by atoms with E-state index in [0.29, 0.717) is 5.41 Å². The zero-order chi connectivity index (χ0) is 14.0. The number of benzene rings is 1. The van der Waals surface area contributed by atoms with E-state index in [1.807, 2.05) is 0 Å². The maximum atomic E-state index is 6.39. The first-order chi connectivity index (χ1) is 8.85. The fraction of sp³-hybridized carbons (Fsp3) is 0.647. The number of hydrogen-bond donors (Lipinski definition) is 1. The summed E-state index contributed by atoms with van der Waals surface area (Å²) in [5.41, 5.74) is 10.8. The van der Waals surface area contributed by atoms with Crippen LogP contribution in [0.5, 0.6) is 0 Å². The van der Waals surface area contributed by atoms with Crippen LogP contribution in [0.1, 0.15) is 49.4 Å². The highest BCUT2D eigenvalue weighted by Gasteiger charge is 2.26. The fourth-order valence-electron chi connectivity index (χ4n) is 2.95. The molecule has 0 bridgehead atoms. The molecule has 1 heterocycles. The van der Waals surface area contributed by atoms with Gasteiger partial charge in [0.15, 0.2) is 0 Å². The van der Waals surface area contributed by atoms with Gasteiger partial charge in [0.05, 0.1) is 0 Å². The van der Waals surface area contributed by atoms with Crippen molar-refractivity contribution < 1.29 is 0 Å². The Labute approximate surface area is 118 Å². The molecule has 19 heavy (non-hydrogen) atoms. The van der Waals surface area contributed by atoms with Crippen LogP contribution in [0.25, 0.3) is 0 Å². The quantitative estimate of drug-likeness (QED) is 0.902. The molecule has 2 heteroatoms. The lowest BCUT2D eigenvalue weighted by molar-refractivity contribution is 0.127. The van der Waals surface area contributed by atoms with E-state index < -0.39 is 0 Å². The van der Waals surface area contributed by atoms with Crippen molar-refractivity contribution in [2.45, 2.75) is 46.6 Å². The summed E-state index contributed by atoms with van der Waals surface area (Å²) in [4.78, 5) is 2.52. The standard InChI is InChI=1S/C17H28N2/c1-13-9-14(2)11-15(10-13)16(18)12-19-7-5-17(3,4)6-8-19/h9-11,16H,5-8,12,18H2,1-4H3. The van der Waals surface area contributed by atoms with Gasteiger partial charge in [-0.05, 0) is 50.8 Å². The number of likely N-dealkylation sites (tertiary alicyclic amines) is 1. The van der Waals surface area contributed by atoms with Crippen LogP contribution in [0.3, 0.4) is 0 Å². The van der Waals surface area contributed by atoms with Gasteiger partial charge in [0.1, 0.15) is 0 Å². The highest BCUT2D eigenvalue weighted by molar-refractivity contribution is 5.30. The molecule has 1 aliphatic heterocycles. The molecule has 2 rings (SSSR count). The summed E-state index contributed by atoms with van der Waals surface area (Å²) in [6.45, 7) is 12.4. The molecule has 0 aliphatic carbocycles. The van der Waals surface area contributed by atoms with Gasteiger partial charge in [0.2, 0.25) is 0 Å². The Morgan fingerprint density at radius 2 is 1.63 bits per heavy atom. The molecule has 1 unspecified atom stereocenters. The van der Waals surface area contributed by atoms with Gasteiger partial charge in [-0.2, -0.15) is 0 Å². The topological polar surface area (TPSA) is 29.3 Å². The van der Waals surface area contributed by atoms with Crippen molar-refractivity contribution in [3.8, 4) is 0 Å². The predicted molar refractivity (Wildman–Crippen MR) is 82.3 cm³/mol. The maximum absolute atomic E-state index is 6.39. The molecule has 1 fully saturated rings. The average Bonchev–Trinajstić information content (AvgIpc) is 2.30. The van der Waals surface area contributed by atoms with Crippen LogP contribution in [-0.4, -0.2) is 24.5 Å². The van der Waals surface area contributed by atoms with E-state index in [4.69, 9.17) is 5.73 Å². The molecule has 1 aliphatic rings. The van der Waals surface area contributed by atoms with Gasteiger partial charge in [-0.25, -0.2) is 0 Å². The van der Waals surface area contributed by atoms with E-state index in [2.05, 4.69) is 50.8 Å². The second-order valence-corrected chi connectivity index (χ2v) is 6.99. The van der Waals surface area contributed by atoms with E-state index in [1.165, 1.54) is 42.6 Å². The van der Waals surface area contributed by atoms with Crippen molar-refractivity contribution in [3.63, 3.8) is 0 Å². The predicted octanol–water partition coefficient (Wildman–Crippen LogP) is 3.43. The summed E-state index contributed by atoms with van der Waals surface area (Å²) in [6.07, 6.45) is 2.57. The van der Waals surface area contributed by atoms with Crippen molar-refractivity contribution >= 4 is 0 Å². The van der Waals surface area contributed by atoms with Crippen molar-refractivity contribution in [1.82, 2.24) is 4.90 Å². The second-order valence-electron chi connectivity index (χ2n) is 6.99. The van der Waals surface area contributed by atoms with Gasteiger partial charge in [-0.1, -0.05) is 43.2 Å². The second kappa shape index (κ2) is 5.64. The number of nitrogens with two attached hydrogens (primary N) is 1. The maximum Gasteiger partial charge on any atom is 0.0424 e. The number of rotatable bonds is 3. The van der Waals surface area contributed by atoms with Crippen LogP contribution in [-0.2, 0) is 0 Å². The number of nitrogens with zero attached hydrogens (tertiary/aromatic N) is 1. The molecule has 0 amide bonds. The molecule has 106 valence electrons. The van der Waals surface area contributed by atoms with Crippen LogP contribution >= 0.6 is 0 Å². The van der Waals surface area contributed by atoms with Crippen LogP contribution < -0.4 is 5.73 Å². The number of aryl methyl sites for hydroxylation is 2. The summed E-state index contributed by atoms with van der Waals surface area (Å²) in [5, 5.41) is 0. The van der Waals surface area contributed by atoms with Gasteiger partial charge in [0, 0.05) is 12.6 Å². The Kier molecular flexibility index (Phi) is 4.32. The van der Waals surface area contributed by atoms with Gasteiger partial charge < -0.3 is 10.6 Å². The lowest BCUT2D eigenvalue weighted by Crippen LogP contribution is -2.40. The van der Waals surface area contributed by atoms with E-state index in [0.717, 1.165) is 6.54 Å². The molecule has 1 atom stereocenters. The summed E-state index contributed by atoms with van der Waals surface area (Å²) in [7, 11) is 0. The minimum Gasteiger partial charge on any atom is -0.323 e. The molecular weight excluding hydrogens is 232 g/mol. The van der Waals surface area contributed by atoms with Gasteiger partial charge in [-0.15, -0.1) is 0 Å². The van der Waals surface area contributed by atoms with E-state index in [-0.39, 0.29) is 6.04 Å². The van der Waals surface area contributed by atoms with Gasteiger partial charge >= 0.3 is 0 Å². The molecule has 0 aromatic heterocycles. The SMILES string of the molecule is Cc1cc(C)cc(C(N)CN2CCC(C)(C)CC2)c1. The first-order valence-corrected chi connectivity index (χ1v) is 7.42. The summed E-state index contributed by atoms with van der Waals surface area (Å²) in [5.74, 6) is 0. The summed E-state index contributed by atoms with van der Waals surface area (Å²) in [6, 6.07) is 6.80. The van der Waals surface area contributed by atoms with E-state index >= 15 is 0 Å². The Bertz CT molecular complexity index is 407. The van der Waals surface area contributed by atoms with Crippen molar-refractivity contribution in [2.24, 2.45) is 11.1 Å². The van der Waals surface area contributed by atoms with Crippen molar-refractivity contribution in [2.75, 3.05) is 19.6 Å². The van der Waals surface area contributed by atoms with Gasteiger partial charge in [-0.3, -0.25) is 0 Å². The normalized spacial score (nSPS) is 21.3. The Balaban J connectivity index is 1.96. The Morgan fingerprint density at radius 3 is 2.16 bits per heavy atom. The van der Waals surface area contributed by atoms with Crippen LogP contribution in [0.2, 0.25) is 0 Å². The lowest BCUT2D eigenvalue weighted by atomic mass is 9.82. The molecule has 1 aromatic rings. The number of hydrogen-bond acceptors (Lipinski definition) is 2. The average molecular weight is 260 g/mol. The van der Waals surface area contributed by atoms with Crippen molar-refractivity contribution in [3.05, 3.63) is 34.9 Å². The lowest BCUT2D eigenvalue weighted by Gasteiger charge is -2.38. The highest BCUT2D eigenvalue weighted by atomic mass is 15.1. The molecule has 1 aromatic carbocycles. The van der Waals surface area contributed by atoms with Crippen LogP contribution in [0, 0.1) is 19.3 Å². The largest absolute Gasteiger partial charge is 0.323 e. The molecule has 0 saturated carbocycles. The van der Waals surface area contributed by atoms with Crippen LogP contribution in [0.15, 0.2) is 18.2 Å². The number of piperidine rings is 1. The first kappa shape index (κ1) is 14.5. The third-order valence-electron chi connectivity index (χ3n) is 4.34. The van der Waals surface area contributed by atoms with Gasteiger partial charge in [0.25, 0.3) is 0 Å². The molecule has 0 spiro atoms. The highest BCUT2D eigenvalue weighted by Crippen LogP contribution is 2.30. The minimum atomic E-state index is 0.139. The Morgan fingerprint density at radius 1 is 1.11 bits per heavy atom. The third-order valence-corrected chi connectivity index (χ3v) is 4.34. The van der Waals surface area contributed by atoms with Crippen molar-refractivity contribution in [1.29, 1.82) is 0 Å². The molecule has 2 N–H and O–H groups in total. The molecular formula is C17H28N2. The monoisotopic (exact) mass is 260 g/mol. The summed E-state index contributed by atoms with van der Waals surface area (Å²) < 4.78 is 0. The minimum absolute atomic E-state index is 0.139. The first-order valence-electron chi connectivity index (χ1n) is 7.42. The molecule has 2 nitrogen and oxygen atoms in total. The molecule has 0 radical (unpaired) electrons. The molecule has 1 saturated heterocycles. The third kappa shape index (κ3) is 4.05.